The number of carbonyl (C=O) groups is 1. The van der Waals surface area contributed by atoms with E-state index in [-0.39, 0.29) is 0 Å². The molecule has 0 spiro atoms. The van der Waals surface area contributed by atoms with Crippen LogP contribution in [0.5, 0.6) is 0 Å². The minimum absolute atomic E-state index is 0.294. The molecule has 0 radical (unpaired) electrons. The summed E-state index contributed by atoms with van der Waals surface area (Å²) >= 11 is 1.83. The number of piperazine rings is 1. The summed E-state index contributed by atoms with van der Waals surface area (Å²) in [6.45, 7) is 6.91. The van der Waals surface area contributed by atoms with E-state index < -0.39 is 0 Å². The third kappa shape index (κ3) is 3.54. The quantitative estimate of drug-likeness (QED) is 0.816. The number of rotatable bonds is 4. The van der Waals surface area contributed by atoms with E-state index in [0.717, 1.165) is 39.1 Å². The molecule has 1 aliphatic rings. The summed E-state index contributed by atoms with van der Waals surface area (Å²) in [5, 5.41) is 2.13. The predicted molar refractivity (Wildman–Crippen MR) is 71.3 cm³/mol. The van der Waals surface area contributed by atoms with Crippen LogP contribution in [0.15, 0.2) is 17.5 Å². The van der Waals surface area contributed by atoms with Crippen LogP contribution in [0.1, 0.15) is 18.2 Å². The van der Waals surface area contributed by atoms with Crippen LogP contribution in [0.2, 0.25) is 0 Å². The van der Waals surface area contributed by atoms with E-state index in [1.54, 1.807) is 0 Å². The molecular formula is C13H20N2OS. The normalized spacial score (nSPS) is 17.4. The van der Waals surface area contributed by atoms with Crippen molar-refractivity contribution < 1.29 is 4.79 Å². The van der Waals surface area contributed by atoms with Crippen molar-refractivity contribution in [2.24, 2.45) is 0 Å². The van der Waals surface area contributed by atoms with Crippen molar-refractivity contribution in [2.45, 2.75) is 19.8 Å². The molecule has 0 atom stereocenters. The first-order valence-corrected chi connectivity index (χ1v) is 7.20. The second-order valence-electron chi connectivity index (χ2n) is 4.41. The van der Waals surface area contributed by atoms with Crippen molar-refractivity contribution in [3.05, 3.63) is 22.4 Å². The second-order valence-corrected chi connectivity index (χ2v) is 5.44. The van der Waals surface area contributed by atoms with Crippen LogP contribution in [-0.2, 0) is 11.2 Å². The van der Waals surface area contributed by atoms with Crippen LogP contribution in [0.3, 0.4) is 0 Å². The van der Waals surface area contributed by atoms with E-state index in [9.17, 15) is 4.79 Å². The molecule has 1 aliphatic heterocycles. The molecule has 0 unspecified atom stereocenters. The number of carbonyl (C=O) groups excluding carboxylic acids is 1. The van der Waals surface area contributed by atoms with Gasteiger partial charge in [-0.05, 0) is 17.9 Å². The lowest BCUT2D eigenvalue weighted by Gasteiger charge is -2.34. The zero-order valence-electron chi connectivity index (χ0n) is 10.4. The SMILES string of the molecule is CCC(=O)N1CCN(CCc2cccs2)CC1. The Kier molecular flexibility index (Phi) is 4.57. The van der Waals surface area contributed by atoms with Gasteiger partial charge in [0.2, 0.25) is 5.91 Å². The third-order valence-corrected chi connectivity index (χ3v) is 4.22. The van der Waals surface area contributed by atoms with Crippen molar-refractivity contribution in [1.29, 1.82) is 0 Å². The van der Waals surface area contributed by atoms with Gasteiger partial charge < -0.3 is 4.90 Å². The highest BCUT2D eigenvalue weighted by Gasteiger charge is 2.19. The molecule has 1 amide bonds. The van der Waals surface area contributed by atoms with Gasteiger partial charge in [0.25, 0.3) is 0 Å². The Morgan fingerprint density at radius 1 is 1.35 bits per heavy atom. The van der Waals surface area contributed by atoms with Gasteiger partial charge >= 0.3 is 0 Å². The van der Waals surface area contributed by atoms with Crippen LogP contribution in [-0.4, -0.2) is 48.4 Å². The van der Waals surface area contributed by atoms with E-state index in [2.05, 4.69) is 22.4 Å². The molecular weight excluding hydrogens is 232 g/mol. The topological polar surface area (TPSA) is 23.6 Å². The zero-order chi connectivity index (χ0) is 12.1. The summed E-state index contributed by atoms with van der Waals surface area (Å²) in [7, 11) is 0. The van der Waals surface area contributed by atoms with Crippen LogP contribution in [0, 0.1) is 0 Å². The number of amides is 1. The first kappa shape index (κ1) is 12.6. The van der Waals surface area contributed by atoms with Crippen molar-refractivity contribution in [3.8, 4) is 0 Å². The highest BCUT2D eigenvalue weighted by molar-refractivity contribution is 7.09. The average Bonchev–Trinajstić information content (AvgIpc) is 2.89. The second kappa shape index (κ2) is 6.17. The Morgan fingerprint density at radius 2 is 2.12 bits per heavy atom. The molecule has 2 heterocycles. The summed E-state index contributed by atoms with van der Waals surface area (Å²) in [5.74, 6) is 0.294. The molecule has 1 fully saturated rings. The van der Waals surface area contributed by atoms with Gasteiger partial charge in [-0.15, -0.1) is 11.3 Å². The Labute approximate surface area is 107 Å². The minimum atomic E-state index is 0.294. The molecule has 0 aromatic carbocycles. The summed E-state index contributed by atoms with van der Waals surface area (Å²) in [6.07, 6.45) is 1.77. The lowest BCUT2D eigenvalue weighted by Crippen LogP contribution is -2.48. The molecule has 0 bridgehead atoms. The van der Waals surface area contributed by atoms with E-state index in [1.807, 2.05) is 23.2 Å². The number of hydrogen-bond donors (Lipinski definition) is 0. The maximum atomic E-state index is 11.5. The lowest BCUT2D eigenvalue weighted by molar-refractivity contribution is -0.132. The molecule has 3 nitrogen and oxygen atoms in total. The van der Waals surface area contributed by atoms with E-state index >= 15 is 0 Å². The molecule has 94 valence electrons. The molecule has 17 heavy (non-hydrogen) atoms. The molecule has 1 aromatic rings. The Balaban J connectivity index is 1.70. The predicted octanol–water partition coefficient (Wildman–Crippen LogP) is 1.84. The van der Waals surface area contributed by atoms with E-state index in [1.165, 1.54) is 4.88 Å². The Morgan fingerprint density at radius 3 is 2.71 bits per heavy atom. The minimum Gasteiger partial charge on any atom is -0.340 e. The molecule has 0 N–H and O–H groups in total. The van der Waals surface area contributed by atoms with Gasteiger partial charge in [-0.25, -0.2) is 0 Å². The first-order valence-electron chi connectivity index (χ1n) is 6.32. The Bertz CT molecular complexity index is 342. The van der Waals surface area contributed by atoms with Crippen LogP contribution < -0.4 is 0 Å². The number of hydrogen-bond acceptors (Lipinski definition) is 3. The standard InChI is InChI=1S/C13H20N2OS/c1-2-13(16)15-9-7-14(8-10-15)6-5-12-4-3-11-17-12/h3-4,11H,2,5-10H2,1H3. The highest BCUT2D eigenvalue weighted by atomic mass is 32.1. The molecule has 0 saturated carbocycles. The fourth-order valence-electron chi connectivity index (χ4n) is 2.17. The van der Waals surface area contributed by atoms with Crippen molar-refractivity contribution in [1.82, 2.24) is 9.80 Å². The number of thiophene rings is 1. The smallest absolute Gasteiger partial charge is 0.222 e. The van der Waals surface area contributed by atoms with Crippen molar-refractivity contribution in [2.75, 3.05) is 32.7 Å². The lowest BCUT2D eigenvalue weighted by atomic mass is 10.2. The van der Waals surface area contributed by atoms with Gasteiger partial charge in [0.1, 0.15) is 0 Å². The molecule has 0 aliphatic carbocycles. The summed E-state index contributed by atoms with van der Waals surface area (Å²) in [4.78, 5) is 17.4. The van der Waals surface area contributed by atoms with Crippen LogP contribution in [0.4, 0.5) is 0 Å². The molecule has 1 saturated heterocycles. The van der Waals surface area contributed by atoms with Crippen molar-refractivity contribution >= 4 is 17.2 Å². The monoisotopic (exact) mass is 252 g/mol. The van der Waals surface area contributed by atoms with Gasteiger partial charge in [0.15, 0.2) is 0 Å². The summed E-state index contributed by atoms with van der Waals surface area (Å²) in [6, 6.07) is 4.30. The van der Waals surface area contributed by atoms with Crippen LogP contribution in [0.25, 0.3) is 0 Å². The van der Waals surface area contributed by atoms with E-state index in [4.69, 9.17) is 0 Å². The molecule has 2 rings (SSSR count). The molecule has 4 heteroatoms. The number of nitrogens with zero attached hydrogens (tertiary/aromatic N) is 2. The fourth-order valence-corrected chi connectivity index (χ4v) is 2.87. The van der Waals surface area contributed by atoms with Gasteiger partial charge in [0.05, 0.1) is 0 Å². The van der Waals surface area contributed by atoms with Gasteiger partial charge in [0, 0.05) is 44.0 Å². The third-order valence-electron chi connectivity index (χ3n) is 3.28. The van der Waals surface area contributed by atoms with Crippen molar-refractivity contribution in [3.63, 3.8) is 0 Å². The average molecular weight is 252 g/mol. The van der Waals surface area contributed by atoms with Gasteiger partial charge in [-0.1, -0.05) is 13.0 Å². The van der Waals surface area contributed by atoms with Crippen LogP contribution >= 0.6 is 11.3 Å². The van der Waals surface area contributed by atoms with E-state index in [0.29, 0.717) is 12.3 Å². The fraction of sp³-hybridized carbons (Fsp3) is 0.615. The summed E-state index contributed by atoms with van der Waals surface area (Å²) < 4.78 is 0. The highest BCUT2D eigenvalue weighted by Crippen LogP contribution is 2.11. The summed E-state index contributed by atoms with van der Waals surface area (Å²) in [5.41, 5.74) is 0. The van der Waals surface area contributed by atoms with Gasteiger partial charge in [-0.2, -0.15) is 0 Å². The largest absolute Gasteiger partial charge is 0.340 e. The van der Waals surface area contributed by atoms with Gasteiger partial charge in [-0.3, -0.25) is 9.69 Å². The maximum Gasteiger partial charge on any atom is 0.222 e. The zero-order valence-corrected chi connectivity index (χ0v) is 11.2. The Hall–Kier alpha value is -0.870. The molecule has 1 aromatic heterocycles. The first-order chi connectivity index (χ1) is 8.29. The maximum absolute atomic E-state index is 11.5.